The number of aromatic nitrogens is 3. The Labute approximate surface area is 261 Å². The monoisotopic (exact) mass is 609 g/mol. The van der Waals surface area contributed by atoms with Gasteiger partial charge < -0.3 is 20.1 Å². The number of likely N-dealkylation sites (tertiary alicyclic amines) is 1. The highest BCUT2D eigenvalue weighted by molar-refractivity contribution is 6.00. The smallest absolute Gasteiger partial charge is 0.264 e. The van der Waals surface area contributed by atoms with Gasteiger partial charge in [0.05, 0.1) is 36.7 Å². The molecule has 2 saturated heterocycles. The molecule has 1 atom stereocenters. The number of amides is 1. The van der Waals surface area contributed by atoms with Crippen LogP contribution in [0.25, 0.3) is 22.2 Å². The van der Waals surface area contributed by atoms with Crippen LogP contribution in [0.2, 0.25) is 0 Å². The summed E-state index contributed by atoms with van der Waals surface area (Å²) < 4.78 is 28.6. The Morgan fingerprint density at radius 2 is 1.93 bits per heavy atom. The van der Waals surface area contributed by atoms with Crippen molar-refractivity contribution in [1.29, 1.82) is 5.26 Å². The van der Waals surface area contributed by atoms with Gasteiger partial charge in [0.1, 0.15) is 40.5 Å². The highest BCUT2D eigenvalue weighted by atomic mass is 19.1. The quantitative estimate of drug-likeness (QED) is 0.215. The SMILES string of the molecule is CC(C)(/C=C(/C#N)C(=O)N1CCC[C@H]1Cn1nc(-c2ccc(Oc3ccccc3)cc2F)c2c(N)nccc21)N1CCOCC1. The van der Waals surface area contributed by atoms with Gasteiger partial charge >= 0.3 is 0 Å². The topological polar surface area (TPSA) is 123 Å². The van der Waals surface area contributed by atoms with Crippen LogP contribution in [-0.4, -0.2) is 74.9 Å². The zero-order valence-corrected chi connectivity index (χ0v) is 25.4. The lowest BCUT2D eigenvalue weighted by Gasteiger charge is -2.39. The summed E-state index contributed by atoms with van der Waals surface area (Å²) >= 11 is 0. The average Bonchev–Trinajstić information content (AvgIpc) is 3.66. The molecule has 0 unspecified atom stereocenters. The molecule has 2 aliphatic heterocycles. The molecule has 1 amide bonds. The Balaban J connectivity index is 1.28. The van der Waals surface area contributed by atoms with Crippen LogP contribution >= 0.6 is 0 Å². The van der Waals surface area contributed by atoms with E-state index < -0.39 is 11.4 Å². The number of fused-ring (bicyclic) bond motifs is 1. The number of halogens is 1. The Hall–Kier alpha value is -4.79. The van der Waals surface area contributed by atoms with Crippen LogP contribution in [0, 0.1) is 17.1 Å². The van der Waals surface area contributed by atoms with Gasteiger partial charge in [0.25, 0.3) is 5.91 Å². The van der Waals surface area contributed by atoms with Crippen molar-refractivity contribution in [2.24, 2.45) is 0 Å². The average molecular weight is 610 g/mol. The van der Waals surface area contributed by atoms with Crippen molar-refractivity contribution in [3.63, 3.8) is 0 Å². The van der Waals surface area contributed by atoms with E-state index in [4.69, 9.17) is 20.3 Å². The second kappa shape index (κ2) is 12.7. The molecule has 45 heavy (non-hydrogen) atoms. The molecule has 2 aromatic heterocycles. The minimum absolute atomic E-state index is 0.123. The summed E-state index contributed by atoms with van der Waals surface area (Å²) in [5, 5.41) is 15.4. The Morgan fingerprint density at radius 1 is 1.16 bits per heavy atom. The highest BCUT2D eigenvalue weighted by Crippen LogP contribution is 2.35. The number of benzene rings is 2. The minimum Gasteiger partial charge on any atom is -0.457 e. The van der Waals surface area contributed by atoms with E-state index >= 15 is 4.39 Å². The van der Waals surface area contributed by atoms with Crippen LogP contribution in [0.3, 0.4) is 0 Å². The number of carbonyl (C=O) groups is 1. The highest BCUT2D eigenvalue weighted by Gasteiger charge is 2.34. The second-order valence-corrected chi connectivity index (χ2v) is 11.9. The first-order chi connectivity index (χ1) is 21.7. The molecule has 4 heterocycles. The van der Waals surface area contributed by atoms with Crippen molar-refractivity contribution in [1.82, 2.24) is 24.6 Å². The molecule has 4 aromatic rings. The number of pyridine rings is 1. The largest absolute Gasteiger partial charge is 0.457 e. The van der Waals surface area contributed by atoms with E-state index in [1.165, 1.54) is 6.07 Å². The number of hydrogen-bond donors (Lipinski definition) is 1. The Bertz CT molecular complexity index is 1770. The third kappa shape index (κ3) is 6.25. The third-order valence-electron chi connectivity index (χ3n) is 8.56. The van der Waals surface area contributed by atoms with Gasteiger partial charge in [-0.05, 0) is 63.1 Å². The second-order valence-electron chi connectivity index (χ2n) is 11.9. The molecule has 0 spiro atoms. The number of rotatable bonds is 8. The van der Waals surface area contributed by atoms with Gasteiger partial charge in [-0.3, -0.25) is 14.4 Å². The molecule has 6 rings (SSSR count). The fourth-order valence-electron chi connectivity index (χ4n) is 6.23. The molecular formula is C34H36FN7O3. The van der Waals surface area contributed by atoms with Gasteiger partial charge in [0.2, 0.25) is 0 Å². The molecular weight excluding hydrogens is 573 g/mol. The van der Waals surface area contributed by atoms with E-state index in [0.717, 1.165) is 25.9 Å². The maximum atomic E-state index is 15.6. The van der Waals surface area contributed by atoms with E-state index in [1.54, 1.807) is 52.2 Å². The van der Waals surface area contributed by atoms with E-state index in [-0.39, 0.29) is 28.9 Å². The van der Waals surface area contributed by atoms with Crippen molar-refractivity contribution in [2.45, 2.75) is 44.8 Å². The number of nitrogens with two attached hydrogens (primary N) is 1. The van der Waals surface area contributed by atoms with Crippen LogP contribution in [0.4, 0.5) is 10.2 Å². The summed E-state index contributed by atoms with van der Waals surface area (Å²) in [7, 11) is 0. The zero-order valence-electron chi connectivity index (χ0n) is 25.4. The zero-order chi connectivity index (χ0) is 31.6. The van der Waals surface area contributed by atoms with Gasteiger partial charge in [-0.25, -0.2) is 9.37 Å². The van der Waals surface area contributed by atoms with Crippen LogP contribution in [0.5, 0.6) is 11.5 Å². The summed E-state index contributed by atoms with van der Waals surface area (Å²) in [4.78, 5) is 22.0. The van der Waals surface area contributed by atoms with Gasteiger partial charge in [-0.2, -0.15) is 10.4 Å². The molecule has 2 aromatic carbocycles. The molecule has 11 heteroatoms. The Morgan fingerprint density at radius 3 is 2.67 bits per heavy atom. The van der Waals surface area contributed by atoms with E-state index in [2.05, 4.69) is 16.0 Å². The number of carbonyl (C=O) groups excluding carboxylic acids is 1. The summed E-state index contributed by atoms with van der Waals surface area (Å²) in [5.41, 5.74) is 7.27. The van der Waals surface area contributed by atoms with Crippen molar-refractivity contribution in [3.05, 3.63) is 78.3 Å². The predicted octanol–water partition coefficient (Wildman–Crippen LogP) is 5.16. The molecule has 232 valence electrons. The maximum absolute atomic E-state index is 15.6. The molecule has 2 fully saturated rings. The number of nitrogen functional groups attached to an aromatic ring is 1. The van der Waals surface area contributed by atoms with E-state index in [0.29, 0.717) is 54.4 Å². The van der Waals surface area contributed by atoms with Gasteiger partial charge in [0.15, 0.2) is 0 Å². The normalized spacial score (nSPS) is 17.9. The molecule has 2 N–H and O–H groups in total. The molecule has 0 aliphatic carbocycles. The minimum atomic E-state index is -0.511. The van der Waals surface area contributed by atoms with Gasteiger partial charge in [0, 0.05) is 43.0 Å². The maximum Gasteiger partial charge on any atom is 0.264 e. The van der Waals surface area contributed by atoms with Crippen molar-refractivity contribution in [2.75, 3.05) is 38.6 Å². The van der Waals surface area contributed by atoms with Crippen molar-refractivity contribution < 1.29 is 18.7 Å². The number of anilines is 1. The van der Waals surface area contributed by atoms with Crippen molar-refractivity contribution in [3.8, 4) is 28.8 Å². The first-order valence-corrected chi connectivity index (χ1v) is 15.2. The number of para-hydroxylation sites is 1. The van der Waals surface area contributed by atoms with Crippen molar-refractivity contribution >= 4 is 22.6 Å². The Kier molecular flexibility index (Phi) is 8.52. The molecule has 0 radical (unpaired) electrons. The predicted molar refractivity (Wildman–Crippen MR) is 169 cm³/mol. The van der Waals surface area contributed by atoms with E-state index in [9.17, 15) is 10.1 Å². The van der Waals surface area contributed by atoms with Crippen LogP contribution in [-0.2, 0) is 16.1 Å². The summed E-state index contributed by atoms with van der Waals surface area (Å²) in [6, 6.07) is 17.5. The molecule has 2 aliphatic rings. The standard InChI is InChI=1S/C34H36FN7O3/c1-34(2,40-15-17-44-18-16-40)20-23(21-36)33(43)41-14-6-7-24(41)22-42-29-12-13-38-32(37)30(29)31(39-42)27-11-10-26(19-28(27)35)45-25-8-4-3-5-9-25/h3-5,8-13,19-20,24H,6-7,14-18,22H2,1-2H3,(H2,37,38)/b23-20-/t24-/m0/s1. The number of hydrogen-bond acceptors (Lipinski definition) is 8. The van der Waals surface area contributed by atoms with Crippen LogP contribution in [0.15, 0.2) is 72.4 Å². The lowest BCUT2D eigenvalue weighted by atomic mass is 9.97. The first-order valence-electron chi connectivity index (χ1n) is 15.2. The molecule has 10 nitrogen and oxygen atoms in total. The summed E-state index contributed by atoms with van der Waals surface area (Å²) in [6.07, 6.45) is 4.91. The number of nitrogens with zero attached hydrogens (tertiary/aromatic N) is 6. The molecule has 0 saturated carbocycles. The fraction of sp³-hybridized carbons (Fsp3) is 0.353. The van der Waals surface area contributed by atoms with Crippen LogP contribution in [0.1, 0.15) is 26.7 Å². The summed E-state index contributed by atoms with van der Waals surface area (Å²) in [6.45, 7) is 7.63. The first kappa shape index (κ1) is 30.2. The van der Waals surface area contributed by atoms with Gasteiger partial charge in [-0.15, -0.1) is 0 Å². The lowest BCUT2D eigenvalue weighted by molar-refractivity contribution is -0.127. The molecule has 0 bridgehead atoms. The summed E-state index contributed by atoms with van der Waals surface area (Å²) in [5.74, 6) is 0.386. The lowest BCUT2D eigenvalue weighted by Crippen LogP contribution is -2.49. The number of morpholine rings is 1. The van der Waals surface area contributed by atoms with E-state index in [1.807, 2.05) is 32.0 Å². The number of nitriles is 1. The number of ether oxygens (including phenoxy) is 2. The van der Waals surface area contributed by atoms with Crippen LogP contribution < -0.4 is 10.5 Å². The van der Waals surface area contributed by atoms with Gasteiger partial charge in [-0.1, -0.05) is 18.2 Å². The fourth-order valence-corrected chi connectivity index (χ4v) is 6.23. The third-order valence-corrected chi connectivity index (χ3v) is 8.56.